The first-order valence-corrected chi connectivity index (χ1v) is 9.52. The zero-order valence-electron chi connectivity index (χ0n) is 15.4. The molecule has 7 heteroatoms. The van der Waals surface area contributed by atoms with Gasteiger partial charge in [-0.05, 0) is 24.8 Å². The monoisotopic (exact) mass is 361 g/mol. The van der Waals surface area contributed by atoms with Crippen LogP contribution in [0.1, 0.15) is 42.6 Å². The lowest BCUT2D eigenvalue weighted by atomic mass is 10.2. The van der Waals surface area contributed by atoms with E-state index in [0.717, 1.165) is 30.3 Å². The Morgan fingerprint density at radius 2 is 1.96 bits per heavy atom. The summed E-state index contributed by atoms with van der Waals surface area (Å²) in [5.74, 6) is 3.18. The van der Waals surface area contributed by atoms with Crippen molar-refractivity contribution in [2.24, 2.45) is 0 Å². The van der Waals surface area contributed by atoms with Gasteiger partial charge in [0, 0.05) is 18.2 Å². The summed E-state index contributed by atoms with van der Waals surface area (Å²) in [5, 5.41) is 3.32. The van der Waals surface area contributed by atoms with Gasteiger partial charge in [-0.2, -0.15) is 0 Å². The summed E-state index contributed by atoms with van der Waals surface area (Å²) in [4.78, 5) is 19.7. The number of imidazole rings is 1. The van der Waals surface area contributed by atoms with Gasteiger partial charge in [0.15, 0.2) is 23.3 Å². The van der Waals surface area contributed by atoms with Crippen LogP contribution in [0.4, 0.5) is 17.3 Å². The topological polar surface area (TPSA) is 95.8 Å². The third-order valence-electron chi connectivity index (χ3n) is 5.22. The Labute approximate surface area is 158 Å². The maximum absolute atomic E-state index is 6.23. The lowest BCUT2D eigenvalue weighted by Gasteiger charge is -2.17. The molecule has 138 valence electrons. The maximum Gasteiger partial charge on any atom is 0.199 e. The molecule has 1 aliphatic carbocycles. The third kappa shape index (κ3) is 2.89. The molecule has 0 radical (unpaired) electrons. The quantitative estimate of drug-likeness (QED) is 0.645. The van der Waals surface area contributed by atoms with Crippen molar-refractivity contribution in [1.82, 2.24) is 19.9 Å². The van der Waals surface area contributed by atoms with Crippen LogP contribution in [0, 0.1) is 0 Å². The molecule has 1 fully saturated rings. The van der Waals surface area contributed by atoms with Crippen molar-refractivity contribution in [1.29, 1.82) is 0 Å². The molecule has 3 heterocycles. The summed E-state index contributed by atoms with van der Waals surface area (Å²) >= 11 is 0. The van der Waals surface area contributed by atoms with Gasteiger partial charge in [-0.15, -0.1) is 0 Å². The SMILES string of the molecule is CCc1[nH]c(-c2nc(N)c3c(n2)N(Cc2ccccc2)CN3)nc1C1CC1. The van der Waals surface area contributed by atoms with Gasteiger partial charge < -0.3 is 20.9 Å². The molecule has 2 aliphatic rings. The van der Waals surface area contributed by atoms with Crippen molar-refractivity contribution in [3.63, 3.8) is 0 Å². The molecule has 3 aromatic rings. The van der Waals surface area contributed by atoms with E-state index in [-0.39, 0.29) is 0 Å². The fraction of sp³-hybridized carbons (Fsp3) is 0.350. The van der Waals surface area contributed by atoms with Gasteiger partial charge in [0.25, 0.3) is 0 Å². The van der Waals surface area contributed by atoms with E-state index in [2.05, 4.69) is 39.2 Å². The van der Waals surface area contributed by atoms with Crippen LogP contribution in [0.15, 0.2) is 30.3 Å². The van der Waals surface area contributed by atoms with Gasteiger partial charge in [0.05, 0.1) is 12.4 Å². The molecule has 0 unspecified atom stereocenters. The number of rotatable bonds is 5. The normalized spacial score (nSPS) is 15.7. The van der Waals surface area contributed by atoms with E-state index in [0.29, 0.717) is 24.2 Å². The van der Waals surface area contributed by atoms with Crippen LogP contribution in [0.25, 0.3) is 11.6 Å². The van der Waals surface area contributed by atoms with Gasteiger partial charge >= 0.3 is 0 Å². The van der Waals surface area contributed by atoms with Crippen LogP contribution in [-0.4, -0.2) is 26.6 Å². The molecular weight excluding hydrogens is 338 g/mol. The molecule has 7 nitrogen and oxygen atoms in total. The first-order chi connectivity index (χ1) is 13.2. The third-order valence-corrected chi connectivity index (χ3v) is 5.22. The zero-order chi connectivity index (χ0) is 18.4. The molecule has 0 amide bonds. The summed E-state index contributed by atoms with van der Waals surface area (Å²) in [6, 6.07) is 10.4. The zero-order valence-corrected chi connectivity index (χ0v) is 15.4. The molecule has 27 heavy (non-hydrogen) atoms. The predicted molar refractivity (Wildman–Crippen MR) is 106 cm³/mol. The van der Waals surface area contributed by atoms with E-state index >= 15 is 0 Å². The first-order valence-electron chi connectivity index (χ1n) is 9.52. The molecule has 2 aromatic heterocycles. The van der Waals surface area contributed by atoms with Crippen molar-refractivity contribution in [3.8, 4) is 11.6 Å². The Morgan fingerprint density at radius 1 is 1.15 bits per heavy atom. The minimum absolute atomic E-state index is 0.466. The number of H-pyrrole nitrogens is 1. The number of hydrogen-bond acceptors (Lipinski definition) is 6. The number of fused-ring (bicyclic) bond motifs is 1. The number of nitrogens with two attached hydrogens (primary N) is 1. The van der Waals surface area contributed by atoms with E-state index in [1.165, 1.54) is 29.8 Å². The Hall–Kier alpha value is -3.09. The average Bonchev–Trinajstić information content (AvgIpc) is 3.31. The van der Waals surface area contributed by atoms with E-state index in [1.54, 1.807) is 0 Å². The van der Waals surface area contributed by atoms with Gasteiger partial charge in [0.1, 0.15) is 5.69 Å². The van der Waals surface area contributed by atoms with Crippen molar-refractivity contribution < 1.29 is 0 Å². The Morgan fingerprint density at radius 3 is 2.70 bits per heavy atom. The lowest BCUT2D eigenvalue weighted by Crippen LogP contribution is -2.22. The van der Waals surface area contributed by atoms with Crippen LogP contribution < -0.4 is 16.0 Å². The smallest absolute Gasteiger partial charge is 0.199 e. The molecule has 5 rings (SSSR count). The van der Waals surface area contributed by atoms with Gasteiger partial charge in [-0.1, -0.05) is 37.3 Å². The molecule has 1 saturated carbocycles. The summed E-state index contributed by atoms with van der Waals surface area (Å²) in [6.45, 7) is 3.58. The molecule has 4 N–H and O–H groups in total. The number of nitrogens with zero attached hydrogens (tertiary/aromatic N) is 4. The highest BCUT2D eigenvalue weighted by Crippen LogP contribution is 2.42. The van der Waals surface area contributed by atoms with E-state index in [1.807, 2.05) is 18.2 Å². The number of aromatic amines is 1. The minimum atomic E-state index is 0.466. The van der Waals surface area contributed by atoms with Gasteiger partial charge in [-0.25, -0.2) is 15.0 Å². The van der Waals surface area contributed by atoms with Crippen LogP contribution in [0.5, 0.6) is 0 Å². The average molecular weight is 361 g/mol. The standard InChI is InChI=1S/C20H23N7/c1-2-14-15(13-8-9-13)24-18(23-14)19-25-17(21)16-20(26-19)27(11-22-16)10-12-6-4-3-5-7-12/h3-7,13,22H,2,8-11H2,1H3,(H,23,24)(H2,21,25,26). The summed E-state index contributed by atoms with van der Waals surface area (Å²) < 4.78 is 0. The Balaban J connectivity index is 1.51. The number of hydrogen-bond donors (Lipinski definition) is 3. The molecule has 0 bridgehead atoms. The Bertz CT molecular complexity index is 975. The summed E-state index contributed by atoms with van der Waals surface area (Å²) in [6.07, 6.45) is 3.37. The highest BCUT2D eigenvalue weighted by Gasteiger charge is 2.30. The first kappa shape index (κ1) is 16.1. The highest BCUT2D eigenvalue weighted by molar-refractivity contribution is 5.81. The molecule has 0 saturated heterocycles. The fourth-order valence-electron chi connectivity index (χ4n) is 3.65. The lowest BCUT2D eigenvalue weighted by molar-refractivity contribution is 0.855. The fourth-order valence-corrected chi connectivity index (χ4v) is 3.65. The van der Waals surface area contributed by atoms with Crippen molar-refractivity contribution in [2.45, 2.75) is 38.6 Å². The summed E-state index contributed by atoms with van der Waals surface area (Å²) in [5.41, 5.74) is 10.6. The number of benzene rings is 1. The van der Waals surface area contributed by atoms with Gasteiger partial charge in [0.2, 0.25) is 0 Å². The summed E-state index contributed by atoms with van der Waals surface area (Å²) in [7, 11) is 0. The molecule has 0 spiro atoms. The van der Waals surface area contributed by atoms with Crippen LogP contribution >= 0.6 is 0 Å². The number of nitrogens with one attached hydrogen (secondary N) is 2. The second-order valence-electron chi connectivity index (χ2n) is 7.23. The number of aromatic nitrogens is 4. The minimum Gasteiger partial charge on any atom is -0.382 e. The van der Waals surface area contributed by atoms with Crippen LogP contribution in [0.3, 0.4) is 0 Å². The van der Waals surface area contributed by atoms with Gasteiger partial charge in [-0.3, -0.25) is 0 Å². The molecule has 1 aromatic carbocycles. The Kier molecular flexibility index (Phi) is 3.74. The number of nitrogen functional groups attached to an aromatic ring is 1. The van der Waals surface area contributed by atoms with Crippen molar-refractivity contribution in [3.05, 3.63) is 47.3 Å². The molecular formula is C20H23N7. The molecule has 0 atom stereocenters. The van der Waals surface area contributed by atoms with E-state index in [4.69, 9.17) is 15.7 Å². The second kappa shape index (κ2) is 6.26. The van der Waals surface area contributed by atoms with Crippen molar-refractivity contribution >= 4 is 17.3 Å². The largest absolute Gasteiger partial charge is 0.382 e. The van der Waals surface area contributed by atoms with E-state index < -0.39 is 0 Å². The van der Waals surface area contributed by atoms with Crippen LogP contribution in [0.2, 0.25) is 0 Å². The number of aryl methyl sites for hydroxylation is 1. The van der Waals surface area contributed by atoms with Crippen molar-refractivity contribution in [2.75, 3.05) is 22.6 Å². The second-order valence-corrected chi connectivity index (χ2v) is 7.23. The highest BCUT2D eigenvalue weighted by atomic mass is 15.3. The number of anilines is 3. The molecule has 1 aliphatic heterocycles. The van der Waals surface area contributed by atoms with Crippen LogP contribution in [-0.2, 0) is 13.0 Å². The predicted octanol–water partition coefficient (Wildman–Crippen LogP) is 3.28. The van der Waals surface area contributed by atoms with E-state index in [9.17, 15) is 0 Å². The maximum atomic E-state index is 6.23.